The van der Waals surface area contributed by atoms with Crippen LogP contribution in [0.15, 0.2) is 68.7 Å². The van der Waals surface area contributed by atoms with E-state index in [2.05, 4.69) is 13.8 Å². The van der Waals surface area contributed by atoms with Gasteiger partial charge in [0, 0.05) is 18.7 Å². The Labute approximate surface area is 200 Å². The lowest BCUT2D eigenvalue weighted by atomic mass is 9.94. The fourth-order valence-electron chi connectivity index (χ4n) is 4.52. The molecule has 34 heavy (non-hydrogen) atoms. The number of piperidine rings is 1. The lowest BCUT2D eigenvalue weighted by Gasteiger charge is -2.34. The van der Waals surface area contributed by atoms with E-state index in [0.717, 1.165) is 6.42 Å². The summed E-state index contributed by atoms with van der Waals surface area (Å²) in [6, 6.07) is 11.6. The quantitative estimate of drug-likeness (QED) is 0.469. The van der Waals surface area contributed by atoms with Gasteiger partial charge in [0.2, 0.25) is 10.0 Å². The summed E-state index contributed by atoms with van der Waals surface area (Å²) in [6.45, 7) is 5.41. The van der Waals surface area contributed by atoms with Gasteiger partial charge >= 0.3 is 0 Å². The van der Waals surface area contributed by atoms with Gasteiger partial charge in [-0.3, -0.25) is 4.79 Å². The standard InChI is InChI=1S/C25H30N2O6S/c1-18-12-19(2)15-27(14-18)34(29,30)24-13-20(8-9-23(24)31-3)25(28)26(16-21-6-4-10-32-21)17-22-7-5-11-33-22/h4-11,13,18-19H,12,14-17H2,1-3H3. The minimum absolute atomic E-state index is 0.00176. The lowest BCUT2D eigenvalue weighted by Crippen LogP contribution is -2.42. The van der Waals surface area contributed by atoms with Crippen molar-refractivity contribution in [3.63, 3.8) is 0 Å². The molecular weight excluding hydrogens is 456 g/mol. The molecule has 0 aliphatic carbocycles. The molecule has 2 unspecified atom stereocenters. The summed E-state index contributed by atoms with van der Waals surface area (Å²) in [5.41, 5.74) is 0.246. The predicted octanol–water partition coefficient (Wildman–Crippen LogP) is 4.39. The van der Waals surface area contributed by atoms with Crippen LogP contribution in [0.3, 0.4) is 0 Å². The maximum atomic E-state index is 13.6. The molecule has 8 nitrogen and oxygen atoms in total. The molecule has 9 heteroatoms. The highest BCUT2D eigenvalue weighted by molar-refractivity contribution is 7.89. The average molecular weight is 487 g/mol. The van der Waals surface area contributed by atoms with Crippen molar-refractivity contribution in [3.8, 4) is 5.75 Å². The van der Waals surface area contributed by atoms with Crippen LogP contribution in [0.1, 0.15) is 42.1 Å². The molecule has 0 radical (unpaired) electrons. The van der Waals surface area contributed by atoms with Crippen molar-refractivity contribution in [2.24, 2.45) is 11.8 Å². The Bertz CT molecular complexity index is 1160. The van der Waals surface area contributed by atoms with E-state index in [1.54, 1.807) is 47.8 Å². The monoisotopic (exact) mass is 486 g/mol. The first-order chi connectivity index (χ1) is 16.3. The van der Waals surface area contributed by atoms with Crippen molar-refractivity contribution in [1.29, 1.82) is 0 Å². The van der Waals surface area contributed by atoms with E-state index in [4.69, 9.17) is 13.6 Å². The second-order valence-corrected chi connectivity index (χ2v) is 10.9. The molecule has 0 N–H and O–H groups in total. The molecule has 0 spiro atoms. The van der Waals surface area contributed by atoms with Crippen LogP contribution in [-0.4, -0.2) is 43.7 Å². The third kappa shape index (κ3) is 5.20. The highest BCUT2D eigenvalue weighted by atomic mass is 32.2. The Balaban J connectivity index is 1.67. The van der Waals surface area contributed by atoms with Gasteiger partial charge < -0.3 is 18.5 Å². The van der Waals surface area contributed by atoms with Crippen molar-refractivity contribution < 1.29 is 26.8 Å². The fourth-order valence-corrected chi connectivity index (χ4v) is 6.38. The molecule has 1 aliphatic heterocycles. The number of carbonyl (C=O) groups is 1. The third-order valence-electron chi connectivity index (χ3n) is 6.00. The largest absolute Gasteiger partial charge is 0.495 e. The van der Waals surface area contributed by atoms with Crippen molar-refractivity contribution in [1.82, 2.24) is 9.21 Å². The van der Waals surface area contributed by atoms with Gasteiger partial charge in [0.25, 0.3) is 5.91 Å². The van der Waals surface area contributed by atoms with E-state index in [-0.39, 0.29) is 47.0 Å². The van der Waals surface area contributed by atoms with Crippen molar-refractivity contribution >= 4 is 15.9 Å². The molecule has 1 amide bonds. The SMILES string of the molecule is COc1ccc(C(=O)N(Cc2ccco2)Cc2ccco2)cc1S(=O)(=O)N1CC(C)CC(C)C1. The highest BCUT2D eigenvalue weighted by Crippen LogP contribution is 2.32. The maximum absolute atomic E-state index is 13.6. The highest BCUT2D eigenvalue weighted by Gasteiger charge is 2.34. The van der Waals surface area contributed by atoms with Crippen molar-refractivity contribution in [2.75, 3.05) is 20.2 Å². The van der Waals surface area contributed by atoms with E-state index in [9.17, 15) is 13.2 Å². The molecule has 0 bridgehead atoms. The molecule has 182 valence electrons. The summed E-state index contributed by atoms with van der Waals surface area (Å²) in [7, 11) is -2.42. The van der Waals surface area contributed by atoms with Crippen LogP contribution in [0.25, 0.3) is 0 Å². The van der Waals surface area contributed by atoms with Gasteiger partial charge in [-0.2, -0.15) is 4.31 Å². The van der Waals surface area contributed by atoms with Gasteiger partial charge in [-0.1, -0.05) is 13.8 Å². The first kappa shape index (κ1) is 24.1. The van der Waals surface area contributed by atoms with Gasteiger partial charge in [0.15, 0.2) is 0 Å². The number of methoxy groups -OCH3 is 1. The van der Waals surface area contributed by atoms with Crippen LogP contribution in [0.5, 0.6) is 5.75 Å². The van der Waals surface area contributed by atoms with Crippen LogP contribution in [0.4, 0.5) is 0 Å². The Morgan fingerprint density at radius 2 is 1.62 bits per heavy atom. The van der Waals surface area contributed by atoms with E-state index in [1.165, 1.54) is 23.5 Å². The van der Waals surface area contributed by atoms with Crippen LogP contribution in [-0.2, 0) is 23.1 Å². The summed E-state index contributed by atoms with van der Waals surface area (Å²) in [5, 5.41) is 0. The zero-order valence-corrected chi connectivity index (χ0v) is 20.5. The maximum Gasteiger partial charge on any atom is 0.254 e. The van der Waals surface area contributed by atoms with E-state index in [0.29, 0.717) is 24.6 Å². The first-order valence-corrected chi connectivity index (χ1v) is 12.7. The Hall–Kier alpha value is -3.04. The minimum atomic E-state index is -3.85. The molecule has 2 aromatic heterocycles. The number of nitrogens with zero attached hydrogens (tertiary/aromatic N) is 2. The zero-order valence-electron chi connectivity index (χ0n) is 19.6. The van der Waals surface area contributed by atoms with Crippen LogP contribution in [0.2, 0.25) is 0 Å². The van der Waals surface area contributed by atoms with Gasteiger partial charge in [-0.05, 0) is 60.7 Å². The molecule has 1 aliphatic rings. The molecule has 3 heterocycles. The Kier molecular flexibility index (Phi) is 7.13. The number of ether oxygens (including phenoxy) is 1. The normalized spacial score (nSPS) is 19.1. The van der Waals surface area contributed by atoms with E-state index < -0.39 is 10.0 Å². The van der Waals surface area contributed by atoms with Gasteiger partial charge in [0.1, 0.15) is 22.2 Å². The minimum Gasteiger partial charge on any atom is -0.495 e. The third-order valence-corrected chi connectivity index (χ3v) is 7.86. The van der Waals surface area contributed by atoms with Crippen LogP contribution < -0.4 is 4.74 Å². The Morgan fingerprint density at radius 3 is 2.12 bits per heavy atom. The summed E-state index contributed by atoms with van der Waals surface area (Å²) < 4.78 is 45.0. The molecule has 3 aromatic rings. The number of furan rings is 2. The molecule has 2 atom stereocenters. The lowest BCUT2D eigenvalue weighted by molar-refractivity contribution is 0.0704. The summed E-state index contributed by atoms with van der Waals surface area (Å²) in [6.07, 6.45) is 4.07. The van der Waals surface area contributed by atoms with Gasteiger partial charge in [-0.25, -0.2) is 8.42 Å². The summed E-state index contributed by atoms with van der Waals surface area (Å²) >= 11 is 0. The number of rotatable bonds is 8. The van der Waals surface area contributed by atoms with Crippen molar-refractivity contribution in [2.45, 2.75) is 38.3 Å². The second-order valence-electron chi connectivity index (χ2n) is 8.95. The molecule has 1 fully saturated rings. The molecule has 4 rings (SSSR count). The van der Waals surface area contributed by atoms with Crippen LogP contribution in [0, 0.1) is 11.8 Å². The zero-order chi connectivity index (χ0) is 24.3. The van der Waals surface area contributed by atoms with Crippen molar-refractivity contribution in [3.05, 3.63) is 72.1 Å². The summed E-state index contributed by atoms with van der Waals surface area (Å²) in [4.78, 5) is 15.1. The first-order valence-electron chi connectivity index (χ1n) is 11.3. The smallest absolute Gasteiger partial charge is 0.254 e. The summed E-state index contributed by atoms with van der Waals surface area (Å²) in [5.74, 6) is 1.60. The van der Waals surface area contributed by atoms with Gasteiger partial charge in [-0.15, -0.1) is 0 Å². The predicted molar refractivity (Wildman–Crippen MR) is 126 cm³/mol. The molecular formula is C25H30N2O6S. The topological polar surface area (TPSA) is 93.2 Å². The number of hydrogen-bond donors (Lipinski definition) is 0. The van der Waals surface area contributed by atoms with Gasteiger partial charge in [0.05, 0.1) is 32.7 Å². The number of hydrogen-bond acceptors (Lipinski definition) is 6. The average Bonchev–Trinajstić information content (AvgIpc) is 3.51. The van der Waals surface area contributed by atoms with E-state index in [1.807, 2.05) is 0 Å². The molecule has 1 aromatic carbocycles. The fraction of sp³-hybridized carbons (Fsp3) is 0.400. The second kappa shape index (κ2) is 10.1. The molecule has 1 saturated heterocycles. The number of benzene rings is 1. The molecule has 0 saturated carbocycles. The van der Waals surface area contributed by atoms with Crippen LogP contribution >= 0.6 is 0 Å². The number of carbonyl (C=O) groups excluding carboxylic acids is 1. The number of amides is 1. The number of sulfonamides is 1. The van der Waals surface area contributed by atoms with E-state index >= 15 is 0 Å². The Morgan fingerprint density at radius 1 is 1.03 bits per heavy atom.